The highest BCUT2D eigenvalue weighted by atomic mass is 19.4. The van der Waals surface area contributed by atoms with Gasteiger partial charge in [0, 0.05) is 48.8 Å². The van der Waals surface area contributed by atoms with Gasteiger partial charge in [-0.2, -0.15) is 18.3 Å². The quantitative estimate of drug-likeness (QED) is 0.243. The second-order valence-electron chi connectivity index (χ2n) is 14.0. The Kier molecular flexibility index (Phi) is 9.12. The minimum atomic E-state index is -4.47. The SMILES string of the molecule is CC(C)(C)OC(=O)N1CCN(c2ccc(NC(=O)Nc3ccc(-c4nc(N5C6CCC5COC6)c5cnn(CC(F)(F)F)c5n4)cc3)cc2)CC1. The molecule has 3 saturated heterocycles. The molecule has 2 bridgehead atoms. The van der Waals surface area contributed by atoms with E-state index >= 15 is 0 Å². The standard InChI is InChI=1S/C35H40F3N9O4/c1-34(2,3)51-33(49)45-16-14-44(15-17-45)25-10-8-24(9-11-25)41-32(48)40-23-6-4-22(5-7-23)29-42-30-28(18-39-46(30)21-35(36,37)38)31(43-29)47-26-12-13-27(47)20-50-19-26/h4-11,18,26-27H,12-17,19-21H2,1-3H3,(H2,40,41,48). The third-order valence-corrected chi connectivity index (χ3v) is 9.11. The van der Waals surface area contributed by atoms with E-state index in [1.165, 1.54) is 6.20 Å². The molecular formula is C35H40F3N9O4. The maximum Gasteiger partial charge on any atom is 0.410 e. The smallest absolute Gasteiger partial charge is 0.410 e. The number of hydrogen-bond acceptors (Lipinski definition) is 9. The molecule has 3 fully saturated rings. The van der Waals surface area contributed by atoms with Gasteiger partial charge >= 0.3 is 18.3 Å². The number of halogens is 3. The first kappa shape index (κ1) is 34.3. The number of amides is 3. The van der Waals surface area contributed by atoms with Crippen molar-refractivity contribution in [1.82, 2.24) is 24.6 Å². The van der Waals surface area contributed by atoms with Gasteiger partial charge in [0.1, 0.15) is 18.0 Å². The zero-order valence-corrected chi connectivity index (χ0v) is 28.6. The van der Waals surface area contributed by atoms with Crippen molar-refractivity contribution in [1.29, 1.82) is 0 Å². The molecule has 3 aliphatic heterocycles. The second kappa shape index (κ2) is 13.5. The molecule has 3 aliphatic rings. The fraction of sp³-hybridized carbons (Fsp3) is 0.457. The van der Waals surface area contributed by atoms with E-state index in [9.17, 15) is 22.8 Å². The van der Waals surface area contributed by atoms with Crippen LogP contribution < -0.4 is 20.4 Å². The maximum absolute atomic E-state index is 13.4. The summed E-state index contributed by atoms with van der Waals surface area (Å²) < 4.78 is 52.4. The normalized spacial score (nSPS) is 19.4. The molecule has 3 amide bonds. The van der Waals surface area contributed by atoms with Crippen LogP contribution in [0, 0.1) is 0 Å². The van der Waals surface area contributed by atoms with Gasteiger partial charge in [-0.15, -0.1) is 0 Å². The number of piperazine rings is 1. The monoisotopic (exact) mass is 707 g/mol. The molecule has 16 heteroatoms. The van der Waals surface area contributed by atoms with E-state index in [-0.39, 0.29) is 29.6 Å². The van der Waals surface area contributed by atoms with Crippen LogP contribution in [0.5, 0.6) is 0 Å². The average Bonchev–Trinajstić information content (AvgIpc) is 3.58. The lowest BCUT2D eigenvalue weighted by atomic mass is 10.1. The van der Waals surface area contributed by atoms with Crippen molar-refractivity contribution in [3.63, 3.8) is 0 Å². The third-order valence-electron chi connectivity index (χ3n) is 9.11. The Bertz CT molecular complexity index is 1870. The number of fused-ring (bicyclic) bond motifs is 3. The van der Waals surface area contributed by atoms with Gasteiger partial charge in [0.25, 0.3) is 0 Å². The summed E-state index contributed by atoms with van der Waals surface area (Å²) >= 11 is 0. The first-order chi connectivity index (χ1) is 24.3. The minimum absolute atomic E-state index is 0.0727. The number of hydrogen-bond donors (Lipinski definition) is 2. The summed E-state index contributed by atoms with van der Waals surface area (Å²) in [7, 11) is 0. The number of benzene rings is 2. The number of carbonyl (C=O) groups excluding carboxylic acids is 2. The summed E-state index contributed by atoms with van der Waals surface area (Å²) in [5.41, 5.74) is 2.22. The Balaban J connectivity index is 1.01. The Hall–Kier alpha value is -5.12. The van der Waals surface area contributed by atoms with Gasteiger partial charge in [0.15, 0.2) is 11.5 Å². The summed E-state index contributed by atoms with van der Waals surface area (Å²) in [5, 5.41) is 10.1. The van der Waals surface area contributed by atoms with Crippen LogP contribution >= 0.6 is 0 Å². The van der Waals surface area contributed by atoms with E-state index in [1.807, 2.05) is 45.0 Å². The van der Waals surface area contributed by atoms with Crippen molar-refractivity contribution < 1.29 is 32.2 Å². The summed E-state index contributed by atoms with van der Waals surface area (Å²) in [6, 6.07) is 14.0. The van der Waals surface area contributed by atoms with Gasteiger partial charge in [0.2, 0.25) is 0 Å². The second-order valence-corrected chi connectivity index (χ2v) is 14.0. The molecule has 2 N–H and O–H groups in total. The van der Waals surface area contributed by atoms with Gasteiger partial charge in [-0.05, 0) is 82.1 Å². The van der Waals surface area contributed by atoms with Gasteiger partial charge in [-0.1, -0.05) is 0 Å². The number of aromatic nitrogens is 4. The van der Waals surface area contributed by atoms with Crippen LogP contribution in [0.25, 0.3) is 22.4 Å². The van der Waals surface area contributed by atoms with Crippen LogP contribution in [0.4, 0.5) is 45.6 Å². The molecule has 13 nitrogen and oxygen atoms in total. The highest BCUT2D eigenvalue weighted by Crippen LogP contribution is 2.38. The number of nitrogens with one attached hydrogen (secondary N) is 2. The zero-order chi connectivity index (χ0) is 35.9. The molecule has 270 valence electrons. The topological polar surface area (TPSA) is 130 Å². The van der Waals surface area contributed by atoms with Gasteiger partial charge < -0.3 is 34.8 Å². The number of rotatable bonds is 6. The van der Waals surface area contributed by atoms with Crippen molar-refractivity contribution in [2.75, 3.05) is 59.8 Å². The molecule has 5 heterocycles. The van der Waals surface area contributed by atoms with E-state index in [0.29, 0.717) is 67.5 Å². The summed E-state index contributed by atoms with van der Waals surface area (Å²) in [6.07, 6.45) is -1.57. The molecule has 2 aromatic carbocycles. The fourth-order valence-electron chi connectivity index (χ4n) is 6.75. The maximum atomic E-state index is 13.4. The molecule has 4 aromatic rings. The molecule has 2 unspecified atom stereocenters. The Labute approximate surface area is 292 Å². The lowest BCUT2D eigenvalue weighted by molar-refractivity contribution is -0.141. The molecule has 2 aromatic heterocycles. The highest BCUT2D eigenvalue weighted by molar-refractivity contribution is 6.00. The number of nitrogens with zero attached hydrogens (tertiary/aromatic N) is 7. The Morgan fingerprint density at radius 2 is 1.49 bits per heavy atom. The number of alkyl halides is 3. The molecule has 0 spiro atoms. The lowest BCUT2D eigenvalue weighted by Crippen LogP contribution is -2.50. The highest BCUT2D eigenvalue weighted by Gasteiger charge is 2.40. The first-order valence-corrected chi connectivity index (χ1v) is 17.0. The number of ether oxygens (including phenoxy) is 2. The average molecular weight is 708 g/mol. The minimum Gasteiger partial charge on any atom is -0.444 e. The Morgan fingerprint density at radius 1 is 0.882 bits per heavy atom. The van der Waals surface area contributed by atoms with Crippen LogP contribution in [0.15, 0.2) is 54.7 Å². The molecule has 7 rings (SSSR count). The van der Waals surface area contributed by atoms with Crippen LogP contribution in [-0.4, -0.2) is 100 Å². The van der Waals surface area contributed by atoms with E-state index in [4.69, 9.17) is 14.5 Å². The predicted octanol–water partition coefficient (Wildman–Crippen LogP) is 6.12. The zero-order valence-electron chi connectivity index (χ0n) is 28.6. The molecule has 0 aliphatic carbocycles. The third kappa shape index (κ3) is 7.80. The van der Waals surface area contributed by atoms with Crippen LogP contribution in [0.2, 0.25) is 0 Å². The van der Waals surface area contributed by atoms with Crippen LogP contribution in [0.1, 0.15) is 33.6 Å². The van der Waals surface area contributed by atoms with Crippen molar-refractivity contribution >= 4 is 46.0 Å². The summed E-state index contributed by atoms with van der Waals surface area (Å²) in [6.45, 7) is 7.75. The van der Waals surface area contributed by atoms with E-state index in [0.717, 1.165) is 23.2 Å². The van der Waals surface area contributed by atoms with E-state index < -0.39 is 24.4 Å². The summed E-state index contributed by atoms with van der Waals surface area (Å²) in [4.78, 5) is 40.7. The van der Waals surface area contributed by atoms with Crippen molar-refractivity contribution in [3.8, 4) is 11.4 Å². The molecular weight excluding hydrogens is 667 g/mol. The van der Waals surface area contributed by atoms with Gasteiger partial charge in [-0.3, -0.25) is 0 Å². The van der Waals surface area contributed by atoms with E-state index in [1.54, 1.807) is 29.2 Å². The summed E-state index contributed by atoms with van der Waals surface area (Å²) in [5.74, 6) is 0.810. The fourth-order valence-corrected chi connectivity index (χ4v) is 6.75. The van der Waals surface area contributed by atoms with Crippen LogP contribution in [0.3, 0.4) is 0 Å². The molecule has 0 saturated carbocycles. The number of morpholine rings is 1. The molecule has 0 radical (unpaired) electrons. The van der Waals surface area contributed by atoms with Crippen molar-refractivity contribution in [2.45, 2.75) is 64.0 Å². The van der Waals surface area contributed by atoms with Crippen LogP contribution in [-0.2, 0) is 16.0 Å². The predicted molar refractivity (Wildman–Crippen MR) is 186 cm³/mol. The number of carbonyl (C=O) groups is 2. The van der Waals surface area contributed by atoms with Gasteiger partial charge in [0.05, 0.1) is 36.9 Å². The number of urea groups is 1. The number of anilines is 4. The molecule has 2 atom stereocenters. The van der Waals surface area contributed by atoms with E-state index in [2.05, 4.69) is 30.5 Å². The lowest BCUT2D eigenvalue weighted by Gasteiger charge is -2.36. The largest absolute Gasteiger partial charge is 0.444 e. The molecule has 51 heavy (non-hydrogen) atoms. The van der Waals surface area contributed by atoms with Crippen molar-refractivity contribution in [2.24, 2.45) is 0 Å². The van der Waals surface area contributed by atoms with Gasteiger partial charge in [-0.25, -0.2) is 24.2 Å². The van der Waals surface area contributed by atoms with Crippen molar-refractivity contribution in [3.05, 3.63) is 54.7 Å². The first-order valence-electron chi connectivity index (χ1n) is 17.0. The Morgan fingerprint density at radius 3 is 2.08 bits per heavy atom.